The number of anilines is 2. The standard InChI is InChI=1S/C29H27N3O5/c1-16-12-17(2)25(18(3)13-16)32-29(37)30-24-15-21-7-5-4-6-20(21)14-23(24)27(34)31-26(28(35)36)19-8-10-22(33)11-9-19/h4-15,26,33H,1-3H3,(H,31,34)(H,35,36)(H2,30,32,37)/t26-/m0/s1. The molecule has 4 aromatic carbocycles. The second kappa shape index (κ2) is 10.4. The van der Waals surface area contributed by atoms with Gasteiger partial charge in [-0.3, -0.25) is 4.79 Å². The number of hydrogen-bond acceptors (Lipinski definition) is 4. The number of hydrogen-bond donors (Lipinski definition) is 5. The van der Waals surface area contributed by atoms with Gasteiger partial charge in [0.2, 0.25) is 0 Å². The summed E-state index contributed by atoms with van der Waals surface area (Å²) < 4.78 is 0. The van der Waals surface area contributed by atoms with Gasteiger partial charge in [-0.2, -0.15) is 0 Å². The molecule has 0 aliphatic rings. The molecule has 0 aliphatic carbocycles. The molecule has 3 amide bonds. The van der Waals surface area contributed by atoms with E-state index in [2.05, 4.69) is 16.0 Å². The monoisotopic (exact) mass is 497 g/mol. The fraction of sp³-hybridized carbons (Fsp3) is 0.138. The number of aliphatic carboxylic acids is 1. The second-order valence-corrected chi connectivity index (χ2v) is 8.93. The maximum absolute atomic E-state index is 13.4. The summed E-state index contributed by atoms with van der Waals surface area (Å²) in [4.78, 5) is 38.3. The van der Waals surface area contributed by atoms with Gasteiger partial charge in [0.25, 0.3) is 5.91 Å². The van der Waals surface area contributed by atoms with Gasteiger partial charge in [0.05, 0.1) is 11.3 Å². The molecule has 188 valence electrons. The lowest BCUT2D eigenvalue weighted by Gasteiger charge is -2.18. The SMILES string of the molecule is Cc1cc(C)c(NC(=O)Nc2cc3ccccc3cc2C(=O)N[C@H](C(=O)O)c2ccc(O)cc2)c(C)c1. The zero-order valence-electron chi connectivity index (χ0n) is 20.6. The summed E-state index contributed by atoms with van der Waals surface area (Å²) in [5.74, 6) is -1.97. The predicted molar refractivity (Wildman–Crippen MR) is 143 cm³/mol. The van der Waals surface area contributed by atoms with E-state index < -0.39 is 23.9 Å². The minimum atomic E-state index is -1.36. The van der Waals surface area contributed by atoms with E-state index in [9.17, 15) is 24.6 Å². The summed E-state index contributed by atoms with van der Waals surface area (Å²) in [5.41, 5.74) is 4.19. The van der Waals surface area contributed by atoms with Crippen molar-refractivity contribution in [2.24, 2.45) is 0 Å². The van der Waals surface area contributed by atoms with Crippen LogP contribution in [0.5, 0.6) is 5.75 Å². The number of carboxylic acids is 1. The van der Waals surface area contributed by atoms with Gasteiger partial charge in [0.15, 0.2) is 6.04 Å². The highest BCUT2D eigenvalue weighted by Gasteiger charge is 2.25. The topological polar surface area (TPSA) is 128 Å². The van der Waals surface area contributed by atoms with Crippen LogP contribution < -0.4 is 16.0 Å². The molecule has 4 rings (SSSR count). The quantitative estimate of drug-likeness (QED) is 0.234. The average Bonchev–Trinajstić information content (AvgIpc) is 2.84. The number of carbonyl (C=O) groups excluding carboxylic acids is 2. The van der Waals surface area contributed by atoms with Crippen LogP contribution in [0.1, 0.15) is 38.7 Å². The first kappa shape index (κ1) is 25.2. The van der Waals surface area contributed by atoms with E-state index in [1.807, 2.05) is 57.2 Å². The molecular formula is C29H27N3O5. The third-order valence-electron chi connectivity index (χ3n) is 6.04. The molecule has 0 saturated heterocycles. The number of rotatable bonds is 6. The summed E-state index contributed by atoms with van der Waals surface area (Å²) in [7, 11) is 0. The molecular weight excluding hydrogens is 470 g/mol. The minimum Gasteiger partial charge on any atom is -0.508 e. The Balaban J connectivity index is 1.66. The number of phenolic OH excluding ortho intramolecular Hbond substituents is 1. The van der Waals surface area contributed by atoms with E-state index in [-0.39, 0.29) is 22.6 Å². The zero-order chi connectivity index (χ0) is 26.7. The maximum atomic E-state index is 13.4. The minimum absolute atomic E-state index is 0.0229. The van der Waals surface area contributed by atoms with Gasteiger partial charge in [0, 0.05) is 5.69 Å². The first-order chi connectivity index (χ1) is 17.6. The summed E-state index contributed by atoms with van der Waals surface area (Å²) >= 11 is 0. The molecule has 0 saturated carbocycles. The molecule has 0 aromatic heterocycles. The number of phenols is 1. The molecule has 0 bridgehead atoms. The van der Waals surface area contributed by atoms with E-state index in [0.29, 0.717) is 5.69 Å². The number of urea groups is 1. The molecule has 0 radical (unpaired) electrons. The Labute approximate surface area is 214 Å². The van der Waals surface area contributed by atoms with Crippen molar-refractivity contribution in [1.29, 1.82) is 0 Å². The summed E-state index contributed by atoms with van der Waals surface area (Å²) in [6.45, 7) is 5.78. The van der Waals surface area contributed by atoms with Gasteiger partial charge < -0.3 is 26.2 Å². The summed E-state index contributed by atoms with van der Waals surface area (Å²) in [5, 5.41) is 29.0. The molecule has 0 fully saturated rings. The Morgan fingerprint density at radius 3 is 1.97 bits per heavy atom. The lowest BCUT2D eigenvalue weighted by atomic mass is 10.0. The largest absolute Gasteiger partial charge is 0.508 e. The van der Waals surface area contributed by atoms with Crippen molar-refractivity contribution in [2.75, 3.05) is 10.6 Å². The Morgan fingerprint density at radius 2 is 1.38 bits per heavy atom. The number of carboxylic acid groups (broad SMARTS) is 1. The van der Waals surface area contributed by atoms with E-state index >= 15 is 0 Å². The Kier molecular flexibility index (Phi) is 7.11. The van der Waals surface area contributed by atoms with Crippen LogP contribution in [0.2, 0.25) is 0 Å². The van der Waals surface area contributed by atoms with Crippen LogP contribution in [0.4, 0.5) is 16.2 Å². The highest BCUT2D eigenvalue weighted by molar-refractivity contribution is 6.10. The Hall–Kier alpha value is -4.85. The molecule has 0 unspecified atom stereocenters. The predicted octanol–water partition coefficient (Wildman–Crippen LogP) is 5.67. The summed E-state index contributed by atoms with van der Waals surface area (Å²) in [6, 6.07) is 18.2. The first-order valence-electron chi connectivity index (χ1n) is 11.6. The van der Waals surface area contributed by atoms with Crippen molar-refractivity contribution in [3.8, 4) is 5.75 Å². The molecule has 4 aromatic rings. The number of nitrogens with one attached hydrogen (secondary N) is 3. The van der Waals surface area contributed by atoms with Crippen molar-refractivity contribution < 1.29 is 24.6 Å². The van der Waals surface area contributed by atoms with Crippen molar-refractivity contribution in [3.05, 3.63) is 101 Å². The van der Waals surface area contributed by atoms with Crippen molar-refractivity contribution in [2.45, 2.75) is 26.8 Å². The van der Waals surface area contributed by atoms with Crippen LogP contribution in [0.3, 0.4) is 0 Å². The third kappa shape index (κ3) is 5.70. The number of carbonyl (C=O) groups is 3. The highest BCUT2D eigenvalue weighted by atomic mass is 16.4. The zero-order valence-corrected chi connectivity index (χ0v) is 20.6. The highest BCUT2D eigenvalue weighted by Crippen LogP contribution is 2.27. The van der Waals surface area contributed by atoms with Crippen molar-refractivity contribution in [1.82, 2.24) is 5.32 Å². The van der Waals surface area contributed by atoms with Crippen LogP contribution >= 0.6 is 0 Å². The second-order valence-electron chi connectivity index (χ2n) is 8.93. The molecule has 5 N–H and O–H groups in total. The maximum Gasteiger partial charge on any atom is 0.330 e. The van der Waals surface area contributed by atoms with Gasteiger partial charge in [-0.25, -0.2) is 9.59 Å². The van der Waals surface area contributed by atoms with E-state index in [1.54, 1.807) is 12.1 Å². The van der Waals surface area contributed by atoms with E-state index in [1.165, 1.54) is 24.3 Å². The van der Waals surface area contributed by atoms with Crippen LogP contribution in [0.15, 0.2) is 72.8 Å². The number of fused-ring (bicyclic) bond motifs is 1. The van der Waals surface area contributed by atoms with Gasteiger partial charge in [0.1, 0.15) is 5.75 Å². The van der Waals surface area contributed by atoms with E-state index in [4.69, 9.17) is 0 Å². The van der Waals surface area contributed by atoms with Gasteiger partial charge in [-0.1, -0.05) is 54.1 Å². The average molecular weight is 498 g/mol. The number of aryl methyl sites for hydroxylation is 3. The summed E-state index contributed by atoms with van der Waals surface area (Å²) in [6.07, 6.45) is 0. The molecule has 0 spiro atoms. The molecule has 8 nitrogen and oxygen atoms in total. The van der Waals surface area contributed by atoms with E-state index in [0.717, 1.165) is 27.5 Å². The van der Waals surface area contributed by atoms with Crippen LogP contribution in [0.25, 0.3) is 10.8 Å². The molecule has 0 aliphatic heterocycles. The van der Waals surface area contributed by atoms with Crippen LogP contribution in [-0.4, -0.2) is 28.1 Å². The van der Waals surface area contributed by atoms with Gasteiger partial charge in [-0.15, -0.1) is 0 Å². The normalized spacial score (nSPS) is 11.5. The molecule has 8 heteroatoms. The Morgan fingerprint density at radius 1 is 0.784 bits per heavy atom. The fourth-order valence-electron chi connectivity index (χ4n) is 4.34. The number of amides is 3. The lowest BCUT2D eigenvalue weighted by Crippen LogP contribution is -2.34. The fourth-order valence-corrected chi connectivity index (χ4v) is 4.34. The van der Waals surface area contributed by atoms with Crippen LogP contribution in [-0.2, 0) is 4.79 Å². The van der Waals surface area contributed by atoms with Crippen LogP contribution in [0, 0.1) is 20.8 Å². The molecule has 37 heavy (non-hydrogen) atoms. The smallest absolute Gasteiger partial charge is 0.330 e. The number of aromatic hydroxyl groups is 1. The first-order valence-corrected chi connectivity index (χ1v) is 11.6. The number of benzene rings is 4. The van der Waals surface area contributed by atoms with Gasteiger partial charge >= 0.3 is 12.0 Å². The lowest BCUT2D eigenvalue weighted by molar-refractivity contribution is -0.139. The van der Waals surface area contributed by atoms with Crippen molar-refractivity contribution in [3.63, 3.8) is 0 Å². The van der Waals surface area contributed by atoms with Gasteiger partial charge in [-0.05, 0) is 72.5 Å². The third-order valence-corrected chi connectivity index (χ3v) is 6.04. The van der Waals surface area contributed by atoms with Crippen molar-refractivity contribution >= 4 is 40.1 Å². The molecule has 0 heterocycles. The molecule has 1 atom stereocenters. The Bertz CT molecular complexity index is 1490.